The maximum atomic E-state index is 10.6. The molecule has 0 saturated carbocycles. The first kappa shape index (κ1) is 14.6. The number of aryl methyl sites for hydroxylation is 1. The first-order chi connectivity index (χ1) is 11.3. The Kier molecular flexibility index (Phi) is 4.24. The molecule has 1 aromatic carbocycles. The minimum Gasteiger partial charge on any atom is -0.329 e. The highest BCUT2D eigenvalue weighted by atomic mass is 16.1. The highest BCUT2D eigenvalue weighted by Crippen LogP contribution is 2.23. The van der Waals surface area contributed by atoms with Crippen LogP contribution in [-0.4, -0.2) is 21.4 Å². The molecule has 0 atom stereocenters. The third-order valence-electron chi connectivity index (χ3n) is 3.29. The van der Waals surface area contributed by atoms with Crippen molar-refractivity contribution < 1.29 is 4.79 Å². The van der Waals surface area contributed by atoms with Crippen LogP contribution in [0.1, 0.15) is 5.56 Å². The Bertz CT molecular complexity index is 820. The number of carbonyl (C=O) groups excluding carboxylic acids is 1. The number of nitrogens with one attached hydrogen (secondary N) is 2. The van der Waals surface area contributed by atoms with E-state index in [-0.39, 0.29) is 0 Å². The highest BCUT2D eigenvalue weighted by molar-refractivity contribution is 5.75. The number of hydrogen-bond donors (Lipinski definition) is 2. The Morgan fingerprint density at radius 2 is 1.91 bits per heavy atom. The Morgan fingerprint density at radius 3 is 2.70 bits per heavy atom. The smallest absolute Gasteiger partial charge is 0.227 e. The summed E-state index contributed by atoms with van der Waals surface area (Å²) in [5.41, 5.74) is 4.08. The minimum absolute atomic E-state index is 0.472. The van der Waals surface area contributed by atoms with Crippen LogP contribution >= 0.6 is 0 Å². The zero-order valence-corrected chi connectivity index (χ0v) is 12.5. The van der Waals surface area contributed by atoms with Gasteiger partial charge in [-0.1, -0.05) is 12.1 Å². The SMILES string of the molecule is Cc1ccc(NC=O)cc1Nc1nccc(-c2ccccn2)n1. The van der Waals surface area contributed by atoms with Gasteiger partial charge in [0, 0.05) is 23.8 Å². The molecular formula is C17H15N5O. The third-order valence-corrected chi connectivity index (χ3v) is 3.29. The molecule has 2 N–H and O–H groups in total. The molecule has 0 saturated heterocycles. The summed E-state index contributed by atoms with van der Waals surface area (Å²) >= 11 is 0. The first-order valence-corrected chi connectivity index (χ1v) is 7.08. The van der Waals surface area contributed by atoms with Crippen LogP contribution in [0.15, 0.2) is 54.9 Å². The maximum Gasteiger partial charge on any atom is 0.227 e. The molecule has 0 fully saturated rings. The second-order valence-corrected chi connectivity index (χ2v) is 4.90. The fraction of sp³-hybridized carbons (Fsp3) is 0.0588. The van der Waals surface area contributed by atoms with Crippen LogP contribution in [0.3, 0.4) is 0 Å². The molecule has 0 aliphatic carbocycles. The molecule has 114 valence electrons. The maximum absolute atomic E-state index is 10.6. The molecule has 0 bridgehead atoms. The number of benzene rings is 1. The lowest BCUT2D eigenvalue weighted by atomic mass is 10.2. The van der Waals surface area contributed by atoms with E-state index in [1.165, 1.54) is 0 Å². The lowest BCUT2D eigenvalue weighted by molar-refractivity contribution is -0.105. The van der Waals surface area contributed by atoms with Gasteiger partial charge in [-0.05, 0) is 42.8 Å². The van der Waals surface area contributed by atoms with Crippen molar-refractivity contribution in [1.29, 1.82) is 0 Å². The summed E-state index contributed by atoms with van der Waals surface area (Å²) < 4.78 is 0. The molecule has 2 aromatic heterocycles. The Hall–Kier alpha value is -3.28. The number of anilines is 3. The summed E-state index contributed by atoms with van der Waals surface area (Å²) in [7, 11) is 0. The van der Waals surface area contributed by atoms with E-state index in [1.807, 2.05) is 49.4 Å². The van der Waals surface area contributed by atoms with Crippen LogP contribution in [0.5, 0.6) is 0 Å². The van der Waals surface area contributed by atoms with Crippen molar-refractivity contribution in [2.45, 2.75) is 6.92 Å². The van der Waals surface area contributed by atoms with E-state index in [9.17, 15) is 4.79 Å². The molecule has 0 spiro atoms. The van der Waals surface area contributed by atoms with E-state index in [1.54, 1.807) is 12.4 Å². The van der Waals surface area contributed by atoms with Crippen LogP contribution in [-0.2, 0) is 4.79 Å². The van der Waals surface area contributed by atoms with E-state index in [4.69, 9.17) is 0 Å². The second kappa shape index (κ2) is 6.65. The molecule has 6 heteroatoms. The van der Waals surface area contributed by atoms with Gasteiger partial charge in [-0.2, -0.15) is 0 Å². The molecule has 2 heterocycles. The normalized spacial score (nSPS) is 10.1. The second-order valence-electron chi connectivity index (χ2n) is 4.90. The average molecular weight is 305 g/mol. The van der Waals surface area contributed by atoms with Gasteiger partial charge < -0.3 is 10.6 Å². The highest BCUT2D eigenvalue weighted by Gasteiger charge is 2.06. The van der Waals surface area contributed by atoms with Gasteiger partial charge in [0.2, 0.25) is 12.4 Å². The van der Waals surface area contributed by atoms with Crippen molar-refractivity contribution in [2.24, 2.45) is 0 Å². The number of nitrogens with zero attached hydrogens (tertiary/aromatic N) is 3. The number of amides is 1. The van der Waals surface area contributed by atoms with E-state index < -0.39 is 0 Å². The van der Waals surface area contributed by atoms with Crippen molar-refractivity contribution in [3.05, 3.63) is 60.4 Å². The zero-order valence-electron chi connectivity index (χ0n) is 12.5. The predicted molar refractivity (Wildman–Crippen MR) is 89.4 cm³/mol. The summed E-state index contributed by atoms with van der Waals surface area (Å²) in [5.74, 6) is 0.472. The summed E-state index contributed by atoms with van der Waals surface area (Å²) in [4.78, 5) is 23.6. The van der Waals surface area contributed by atoms with E-state index >= 15 is 0 Å². The Labute approximate surface area is 133 Å². The Morgan fingerprint density at radius 1 is 1.00 bits per heavy atom. The van der Waals surface area contributed by atoms with Crippen molar-refractivity contribution in [3.8, 4) is 11.4 Å². The van der Waals surface area contributed by atoms with Gasteiger partial charge in [0.1, 0.15) is 0 Å². The number of pyridine rings is 1. The molecule has 0 radical (unpaired) electrons. The lowest BCUT2D eigenvalue weighted by Crippen LogP contribution is -2.01. The predicted octanol–water partition coefficient (Wildman–Crippen LogP) is 3.16. The molecule has 23 heavy (non-hydrogen) atoms. The molecule has 0 unspecified atom stereocenters. The van der Waals surface area contributed by atoms with Gasteiger partial charge in [0.25, 0.3) is 0 Å². The third kappa shape index (κ3) is 3.49. The van der Waals surface area contributed by atoms with Crippen molar-refractivity contribution in [1.82, 2.24) is 15.0 Å². The number of aromatic nitrogens is 3. The average Bonchev–Trinajstić information content (AvgIpc) is 2.59. The molecular weight excluding hydrogens is 290 g/mol. The molecule has 0 aliphatic rings. The quantitative estimate of drug-likeness (QED) is 0.708. The van der Waals surface area contributed by atoms with Gasteiger partial charge in [0.05, 0.1) is 11.4 Å². The van der Waals surface area contributed by atoms with Gasteiger partial charge in [0.15, 0.2) is 0 Å². The van der Waals surface area contributed by atoms with Crippen LogP contribution in [0.25, 0.3) is 11.4 Å². The number of rotatable bonds is 5. The number of carbonyl (C=O) groups is 1. The fourth-order valence-electron chi connectivity index (χ4n) is 2.11. The zero-order chi connectivity index (χ0) is 16.1. The summed E-state index contributed by atoms with van der Waals surface area (Å²) in [6, 6.07) is 13.1. The summed E-state index contributed by atoms with van der Waals surface area (Å²) in [6.45, 7) is 1.97. The minimum atomic E-state index is 0.472. The van der Waals surface area contributed by atoms with Gasteiger partial charge in [-0.15, -0.1) is 0 Å². The number of hydrogen-bond acceptors (Lipinski definition) is 5. The standard InChI is InChI=1S/C17H15N5O/c1-12-5-6-13(20-11-23)10-16(12)22-17-19-9-7-15(21-17)14-4-2-3-8-18-14/h2-11H,1H3,(H,20,23)(H,19,21,22). The molecule has 3 rings (SSSR count). The molecule has 0 aliphatic heterocycles. The van der Waals surface area contributed by atoms with Gasteiger partial charge in [-0.25, -0.2) is 9.97 Å². The van der Waals surface area contributed by atoms with Crippen LogP contribution in [0.4, 0.5) is 17.3 Å². The van der Waals surface area contributed by atoms with Crippen LogP contribution in [0, 0.1) is 6.92 Å². The van der Waals surface area contributed by atoms with Gasteiger partial charge >= 0.3 is 0 Å². The van der Waals surface area contributed by atoms with Crippen LogP contribution < -0.4 is 10.6 Å². The van der Waals surface area contributed by atoms with E-state index in [0.29, 0.717) is 18.0 Å². The molecule has 1 amide bonds. The van der Waals surface area contributed by atoms with Crippen LogP contribution in [0.2, 0.25) is 0 Å². The van der Waals surface area contributed by atoms with Crippen molar-refractivity contribution in [2.75, 3.05) is 10.6 Å². The largest absolute Gasteiger partial charge is 0.329 e. The monoisotopic (exact) mass is 305 g/mol. The topological polar surface area (TPSA) is 79.8 Å². The molecule has 6 nitrogen and oxygen atoms in total. The summed E-state index contributed by atoms with van der Waals surface area (Å²) in [5, 5.41) is 5.80. The van der Waals surface area contributed by atoms with Crippen molar-refractivity contribution >= 4 is 23.7 Å². The first-order valence-electron chi connectivity index (χ1n) is 7.08. The fourth-order valence-corrected chi connectivity index (χ4v) is 2.11. The van der Waals surface area contributed by atoms with E-state index in [0.717, 1.165) is 22.6 Å². The van der Waals surface area contributed by atoms with Crippen molar-refractivity contribution in [3.63, 3.8) is 0 Å². The van der Waals surface area contributed by atoms with E-state index in [2.05, 4.69) is 25.6 Å². The summed E-state index contributed by atoms with van der Waals surface area (Å²) in [6.07, 6.45) is 4.05. The Balaban J connectivity index is 1.89. The lowest BCUT2D eigenvalue weighted by Gasteiger charge is -2.10. The van der Waals surface area contributed by atoms with Gasteiger partial charge in [-0.3, -0.25) is 9.78 Å². The molecule has 3 aromatic rings.